The molecule has 0 N–H and O–H groups in total. The molecule has 0 aliphatic heterocycles. The van der Waals surface area contributed by atoms with Gasteiger partial charge in [0.05, 0.1) is 0 Å². The lowest BCUT2D eigenvalue weighted by atomic mass is 9.60. The van der Waals surface area contributed by atoms with Crippen molar-refractivity contribution in [3.8, 4) is 0 Å². The normalized spacial score (nSPS) is 42.0. The Kier molecular flexibility index (Phi) is 4.14. The highest BCUT2D eigenvalue weighted by atomic mass is 14.4. The molecule has 2 saturated carbocycles. The molecule has 0 spiro atoms. The van der Waals surface area contributed by atoms with Crippen molar-refractivity contribution in [1.82, 2.24) is 0 Å². The predicted molar refractivity (Wildman–Crippen MR) is 80.8 cm³/mol. The second kappa shape index (κ2) is 5.17. The predicted octanol–water partition coefficient (Wildman–Crippen LogP) is 6.34. The van der Waals surface area contributed by atoms with Gasteiger partial charge in [-0.15, -0.1) is 0 Å². The summed E-state index contributed by atoms with van der Waals surface area (Å²) in [5.41, 5.74) is 1.85. The van der Waals surface area contributed by atoms with E-state index in [0.717, 1.165) is 0 Å². The van der Waals surface area contributed by atoms with Gasteiger partial charge in [-0.05, 0) is 61.2 Å². The largest absolute Gasteiger partial charge is 0.0599 e. The molecule has 0 amide bonds. The van der Waals surface area contributed by atoms with Gasteiger partial charge in [0.2, 0.25) is 0 Å². The first kappa shape index (κ1) is 14.4. The monoisotopic (exact) mass is 250 g/mol. The molecule has 2 fully saturated rings. The van der Waals surface area contributed by atoms with Gasteiger partial charge in [-0.3, -0.25) is 0 Å². The van der Waals surface area contributed by atoms with Gasteiger partial charge < -0.3 is 0 Å². The first-order chi connectivity index (χ1) is 8.33. The van der Waals surface area contributed by atoms with Crippen LogP contribution in [0.15, 0.2) is 0 Å². The minimum Gasteiger partial charge on any atom is -0.0599 e. The average Bonchev–Trinajstić information content (AvgIpc) is 2.35. The fourth-order valence-corrected chi connectivity index (χ4v) is 4.50. The summed E-state index contributed by atoms with van der Waals surface area (Å²) in [7, 11) is 0. The number of hydrogen-bond acceptors (Lipinski definition) is 0. The van der Waals surface area contributed by atoms with Crippen molar-refractivity contribution in [3.63, 3.8) is 0 Å². The zero-order valence-corrected chi connectivity index (χ0v) is 13.3. The molecule has 2 rings (SSSR count). The van der Waals surface area contributed by atoms with Crippen molar-refractivity contribution in [2.45, 2.75) is 98.3 Å². The van der Waals surface area contributed by atoms with Crippen LogP contribution in [0.5, 0.6) is 0 Å². The van der Waals surface area contributed by atoms with Crippen LogP contribution in [-0.2, 0) is 0 Å². The van der Waals surface area contributed by atoms with Crippen LogP contribution in [0.2, 0.25) is 0 Å². The Morgan fingerprint density at radius 3 is 1.39 bits per heavy atom. The van der Waals surface area contributed by atoms with E-state index in [-0.39, 0.29) is 0 Å². The molecule has 2 bridgehead atoms. The summed E-state index contributed by atoms with van der Waals surface area (Å²) in [6.07, 6.45) is 16.2. The summed E-state index contributed by atoms with van der Waals surface area (Å²) in [4.78, 5) is 0. The lowest BCUT2D eigenvalue weighted by Gasteiger charge is -2.45. The van der Waals surface area contributed by atoms with E-state index < -0.39 is 0 Å². The average molecular weight is 250 g/mol. The van der Waals surface area contributed by atoms with E-state index in [4.69, 9.17) is 0 Å². The van der Waals surface area contributed by atoms with Crippen molar-refractivity contribution in [3.05, 3.63) is 0 Å². The summed E-state index contributed by atoms with van der Waals surface area (Å²) < 4.78 is 0. The highest BCUT2D eigenvalue weighted by molar-refractivity contribution is 4.91. The molecule has 0 radical (unpaired) electrons. The molecule has 106 valence electrons. The van der Waals surface area contributed by atoms with E-state index in [1.54, 1.807) is 0 Å². The van der Waals surface area contributed by atoms with Crippen LogP contribution in [0, 0.1) is 16.2 Å². The van der Waals surface area contributed by atoms with Crippen LogP contribution in [0.3, 0.4) is 0 Å². The molecule has 0 heterocycles. The zero-order valence-electron chi connectivity index (χ0n) is 13.3. The molecule has 2 unspecified atom stereocenters. The Hall–Kier alpha value is 0. The zero-order chi connectivity index (χ0) is 13.3. The Labute approximate surface area is 115 Å². The van der Waals surface area contributed by atoms with E-state index in [2.05, 4.69) is 27.7 Å². The Balaban J connectivity index is 2.20. The van der Waals surface area contributed by atoms with Gasteiger partial charge in [0.25, 0.3) is 0 Å². The van der Waals surface area contributed by atoms with Gasteiger partial charge in [0.15, 0.2) is 0 Å². The highest BCUT2D eigenvalue weighted by Crippen LogP contribution is 2.52. The van der Waals surface area contributed by atoms with Crippen LogP contribution in [0.1, 0.15) is 98.3 Å². The molecule has 0 heteroatoms. The fraction of sp³-hybridized carbons (Fsp3) is 1.00. The van der Waals surface area contributed by atoms with E-state index >= 15 is 0 Å². The molecule has 0 aromatic heterocycles. The maximum Gasteiger partial charge on any atom is -0.0320 e. The van der Waals surface area contributed by atoms with Gasteiger partial charge in [-0.25, -0.2) is 0 Å². The second-order valence-electron chi connectivity index (χ2n) is 8.88. The summed E-state index contributed by atoms with van der Waals surface area (Å²) >= 11 is 0. The van der Waals surface area contributed by atoms with Gasteiger partial charge in [-0.2, -0.15) is 0 Å². The van der Waals surface area contributed by atoms with E-state index in [0.29, 0.717) is 16.2 Å². The fourth-order valence-electron chi connectivity index (χ4n) is 4.50. The van der Waals surface area contributed by atoms with Crippen molar-refractivity contribution >= 4 is 0 Å². The molecule has 18 heavy (non-hydrogen) atoms. The first-order valence-electron chi connectivity index (χ1n) is 8.33. The van der Waals surface area contributed by atoms with E-state index in [9.17, 15) is 0 Å². The lowest BCUT2D eigenvalue weighted by molar-refractivity contribution is 0.0635. The van der Waals surface area contributed by atoms with Crippen molar-refractivity contribution in [2.75, 3.05) is 0 Å². The Morgan fingerprint density at radius 1 is 0.500 bits per heavy atom. The van der Waals surface area contributed by atoms with Crippen molar-refractivity contribution in [1.29, 1.82) is 0 Å². The Bertz CT molecular complexity index is 252. The highest BCUT2D eigenvalue weighted by Gasteiger charge is 2.39. The summed E-state index contributed by atoms with van der Waals surface area (Å²) in [6, 6.07) is 0. The van der Waals surface area contributed by atoms with E-state index in [1.807, 2.05) is 0 Å². The third kappa shape index (κ3) is 3.75. The van der Waals surface area contributed by atoms with Crippen LogP contribution in [-0.4, -0.2) is 0 Å². The van der Waals surface area contributed by atoms with Crippen LogP contribution >= 0.6 is 0 Å². The molecule has 0 aromatic carbocycles. The number of hydrogen-bond donors (Lipinski definition) is 0. The molecule has 2 atom stereocenters. The summed E-state index contributed by atoms with van der Waals surface area (Å²) in [5, 5.41) is 0. The Morgan fingerprint density at radius 2 is 0.944 bits per heavy atom. The molecule has 2 aliphatic carbocycles. The molecular weight excluding hydrogens is 216 g/mol. The quantitative estimate of drug-likeness (QED) is 0.470. The molecule has 0 saturated heterocycles. The van der Waals surface area contributed by atoms with Crippen molar-refractivity contribution in [2.24, 2.45) is 16.2 Å². The van der Waals surface area contributed by atoms with Crippen LogP contribution in [0.25, 0.3) is 0 Å². The first-order valence-corrected chi connectivity index (χ1v) is 8.33. The van der Waals surface area contributed by atoms with E-state index in [1.165, 1.54) is 70.6 Å². The maximum absolute atomic E-state index is 2.60. The van der Waals surface area contributed by atoms with Crippen molar-refractivity contribution < 1.29 is 0 Å². The topological polar surface area (TPSA) is 0 Å². The minimum absolute atomic E-state index is 0.580. The summed E-state index contributed by atoms with van der Waals surface area (Å²) in [5.74, 6) is 0. The van der Waals surface area contributed by atoms with Gasteiger partial charge >= 0.3 is 0 Å². The van der Waals surface area contributed by atoms with Crippen LogP contribution < -0.4 is 0 Å². The molecule has 2 aliphatic rings. The van der Waals surface area contributed by atoms with Gasteiger partial charge in [0.1, 0.15) is 0 Å². The second-order valence-corrected chi connectivity index (χ2v) is 8.88. The summed E-state index contributed by atoms with van der Waals surface area (Å²) in [6.45, 7) is 10.2. The van der Waals surface area contributed by atoms with Gasteiger partial charge in [0, 0.05) is 0 Å². The molecule has 0 nitrogen and oxygen atoms in total. The minimum atomic E-state index is 0.580. The third-order valence-corrected chi connectivity index (χ3v) is 5.97. The SMILES string of the molecule is CC1(C)CCC2(C)CCCCCCC(C)(CC1)C2. The smallest absolute Gasteiger partial charge is 0.0320 e. The maximum atomic E-state index is 2.60. The number of rotatable bonds is 0. The molecule has 0 aromatic rings. The van der Waals surface area contributed by atoms with Crippen LogP contribution in [0.4, 0.5) is 0 Å². The lowest BCUT2D eigenvalue weighted by Crippen LogP contribution is -2.33. The number of fused-ring (bicyclic) bond motifs is 2. The third-order valence-electron chi connectivity index (χ3n) is 5.97. The van der Waals surface area contributed by atoms with Gasteiger partial charge in [-0.1, -0.05) is 53.4 Å². The molecular formula is C18H34. The standard InChI is InChI=1S/C18H34/c1-16(2)11-13-17(3)9-7-5-6-8-10-18(4,15-17)14-12-16/h5-15H2,1-4H3.